The number of aromatic nitrogens is 1. The number of ether oxygens (including phenoxy) is 1. The Labute approximate surface area is 166 Å². The summed E-state index contributed by atoms with van der Waals surface area (Å²) in [5.74, 6) is 0.151. The summed E-state index contributed by atoms with van der Waals surface area (Å²) in [5, 5.41) is 8.74. The highest BCUT2D eigenvalue weighted by molar-refractivity contribution is 7.09. The molecule has 0 atom stereocenters. The van der Waals surface area contributed by atoms with E-state index in [0.717, 1.165) is 28.2 Å². The van der Waals surface area contributed by atoms with E-state index in [2.05, 4.69) is 45.3 Å². The molecule has 0 aliphatic carbocycles. The fraction of sp³-hybridized carbons (Fsp3) is 0.190. The fourth-order valence-electron chi connectivity index (χ4n) is 2.98. The Kier molecular flexibility index (Phi) is 5.08. The Balaban J connectivity index is 1.32. The lowest BCUT2D eigenvalue weighted by Crippen LogP contribution is -2.27. The van der Waals surface area contributed by atoms with Gasteiger partial charge in [-0.25, -0.2) is 4.98 Å². The van der Waals surface area contributed by atoms with Crippen molar-refractivity contribution in [2.45, 2.75) is 13.3 Å². The molecule has 2 N–H and O–H groups in total. The number of aryl methyl sites for hydroxylation is 1. The van der Waals surface area contributed by atoms with Crippen LogP contribution in [0.5, 0.6) is 5.75 Å². The monoisotopic (exact) mass is 393 g/mol. The van der Waals surface area contributed by atoms with E-state index in [4.69, 9.17) is 4.74 Å². The topological polar surface area (TPSA) is 80.3 Å². The molecule has 0 saturated heterocycles. The van der Waals surface area contributed by atoms with E-state index < -0.39 is 0 Å². The molecule has 0 radical (unpaired) electrons. The summed E-state index contributed by atoms with van der Waals surface area (Å²) in [5.41, 5.74) is 4.33. The van der Waals surface area contributed by atoms with Gasteiger partial charge >= 0.3 is 0 Å². The van der Waals surface area contributed by atoms with E-state index in [1.54, 1.807) is 29.5 Å². The number of amides is 2. The molecule has 0 saturated carbocycles. The molecule has 1 aromatic heterocycles. The summed E-state index contributed by atoms with van der Waals surface area (Å²) in [4.78, 5) is 28.2. The molecule has 7 heteroatoms. The summed E-state index contributed by atoms with van der Waals surface area (Å²) in [7, 11) is 0. The van der Waals surface area contributed by atoms with Crippen molar-refractivity contribution in [3.05, 3.63) is 64.0 Å². The van der Waals surface area contributed by atoms with E-state index in [1.807, 2.05) is 6.92 Å². The molecule has 1 aliphatic heterocycles. The first-order valence-electron chi connectivity index (χ1n) is 8.95. The van der Waals surface area contributed by atoms with Crippen LogP contribution < -0.4 is 15.4 Å². The van der Waals surface area contributed by atoms with Gasteiger partial charge in [-0.3, -0.25) is 9.59 Å². The first-order chi connectivity index (χ1) is 13.6. The molecule has 0 fully saturated rings. The van der Waals surface area contributed by atoms with Crippen LogP contribution in [-0.4, -0.2) is 29.9 Å². The highest BCUT2D eigenvalue weighted by atomic mass is 32.1. The van der Waals surface area contributed by atoms with Crippen LogP contribution in [0.25, 0.3) is 11.3 Å². The van der Waals surface area contributed by atoms with E-state index in [1.165, 1.54) is 0 Å². The lowest BCUT2D eigenvalue weighted by molar-refractivity contribution is -0.118. The van der Waals surface area contributed by atoms with Gasteiger partial charge < -0.3 is 15.4 Å². The highest BCUT2D eigenvalue weighted by Gasteiger charge is 2.17. The molecule has 4 rings (SSSR count). The molecular weight excluding hydrogens is 374 g/mol. The van der Waals surface area contributed by atoms with Crippen molar-refractivity contribution in [2.75, 3.05) is 18.5 Å². The zero-order chi connectivity index (χ0) is 19.5. The van der Waals surface area contributed by atoms with Crippen molar-refractivity contribution in [1.82, 2.24) is 10.3 Å². The van der Waals surface area contributed by atoms with Gasteiger partial charge in [-0.2, -0.15) is 0 Å². The molecule has 0 spiro atoms. The molecule has 3 aromatic rings. The largest absolute Gasteiger partial charge is 0.482 e. The molecular formula is C21H19N3O3S. The number of hydrogen-bond acceptors (Lipinski definition) is 5. The molecule has 6 nitrogen and oxygen atoms in total. The van der Waals surface area contributed by atoms with Crippen molar-refractivity contribution < 1.29 is 14.3 Å². The lowest BCUT2D eigenvalue weighted by atomic mass is 10.1. The molecule has 2 amide bonds. The Morgan fingerprint density at radius 1 is 1.25 bits per heavy atom. The van der Waals surface area contributed by atoms with Crippen LogP contribution in [0.2, 0.25) is 0 Å². The zero-order valence-electron chi connectivity index (χ0n) is 15.3. The summed E-state index contributed by atoms with van der Waals surface area (Å²) in [6.07, 6.45) is 0.736. The van der Waals surface area contributed by atoms with E-state index in [-0.39, 0.29) is 18.4 Å². The Morgan fingerprint density at radius 3 is 2.82 bits per heavy atom. The molecule has 2 heterocycles. The van der Waals surface area contributed by atoms with Crippen LogP contribution in [0.15, 0.2) is 47.8 Å². The molecule has 0 unspecified atom stereocenters. The van der Waals surface area contributed by atoms with Crippen molar-refractivity contribution >= 4 is 28.8 Å². The second-order valence-corrected chi connectivity index (χ2v) is 7.56. The van der Waals surface area contributed by atoms with Gasteiger partial charge in [0.05, 0.1) is 16.4 Å². The Bertz CT molecular complexity index is 1030. The smallest absolute Gasteiger partial charge is 0.262 e. The maximum absolute atomic E-state index is 12.4. The van der Waals surface area contributed by atoms with E-state index in [9.17, 15) is 9.59 Å². The van der Waals surface area contributed by atoms with Gasteiger partial charge in [-0.15, -0.1) is 11.3 Å². The Hall–Kier alpha value is -3.19. The Morgan fingerprint density at radius 2 is 2.07 bits per heavy atom. The van der Waals surface area contributed by atoms with Gasteiger partial charge in [0.15, 0.2) is 6.61 Å². The van der Waals surface area contributed by atoms with Gasteiger partial charge in [0.1, 0.15) is 5.75 Å². The minimum Gasteiger partial charge on any atom is -0.482 e. The standard InChI is InChI=1S/C21H19N3O3S/c1-13-23-18(12-28-13)15-4-2-14(3-5-15)8-9-22-21(26)16-6-7-17-19(10-16)27-11-20(25)24-17/h2-7,10,12H,8-9,11H2,1H3,(H,22,26)(H,24,25). The SMILES string of the molecule is Cc1nc(-c2ccc(CCNC(=O)c3ccc4c(c3)OCC(=O)N4)cc2)cs1. The predicted octanol–water partition coefficient (Wildman–Crippen LogP) is 3.42. The number of nitrogens with one attached hydrogen (secondary N) is 2. The van der Waals surface area contributed by atoms with Crippen LogP contribution >= 0.6 is 11.3 Å². The number of rotatable bonds is 5. The second kappa shape index (κ2) is 7.82. The van der Waals surface area contributed by atoms with Crippen LogP contribution in [0, 0.1) is 6.92 Å². The third-order valence-corrected chi connectivity index (χ3v) is 5.22. The maximum Gasteiger partial charge on any atom is 0.262 e. The summed E-state index contributed by atoms with van der Waals surface area (Å²) in [6, 6.07) is 13.2. The molecule has 142 valence electrons. The minimum atomic E-state index is -0.194. The predicted molar refractivity (Wildman–Crippen MR) is 109 cm³/mol. The van der Waals surface area contributed by atoms with Gasteiger partial charge in [0, 0.05) is 23.1 Å². The zero-order valence-corrected chi connectivity index (χ0v) is 16.1. The van der Waals surface area contributed by atoms with Crippen molar-refractivity contribution in [1.29, 1.82) is 0 Å². The van der Waals surface area contributed by atoms with E-state index in [0.29, 0.717) is 23.5 Å². The fourth-order valence-corrected chi connectivity index (χ4v) is 3.60. The number of hydrogen-bond donors (Lipinski definition) is 2. The number of benzene rings is 2. The van der Waals surface area contributed by atoms with Crippen molar-refractivity contribution in [3.8, 4) is 17.0 Å². The average molecular weight is 393 g/mol. The second-order valence-electron chi connectivity index (χ2n) is 6.50. The summed E-state index contributed by atoms with van der Waals surface area (Å²) < 4.78 is 5.35. The average Bonchev–Trinajstić information content (AvgIpc) is 3.14. The normalized spacial score (nSPS) is 12.7. The van der Waals surface area contributed by atoms with Gasteiger partial charge in [0.25, 0.3) is 11.8 Å². The van der Waals surface area contributed by atoms with Crippen molar-refractivity contribution in [3.63, 3.8) is 0 Å². The number of anilines is 1. The number of carbonyl (C=O) groups is 2. The molecule has 2 aromatic carbocycles. The quantitative estimate of drug-likeness (QED) is 0.696. The number of carbonyl (C=O) groups excluding carboxylic acids is 2. The summed E-state index contributed by atoms with van der Waals surface area (Å²) in [6.45, 7) is 2.49. The van der Waals surface area contributed by atoms with Crippen LogP contribution in [0.3, 0.4) is 0 Å². The molecule has 1 aliphatic rings. The molecule has 0 bridgehead atoms. The van der Waals surface area contributed by atoms with E-state index >= 15 is 0 Å². The number of nitrogens with zero attached hydrogens (tertiary/aromatic N) is 1. The third-order valence-electron chi connectivity index (χ3n) is 4.44. The lowest BCUT2D eigenvalue weighted by Gasteiger charge is -2.18. The van der Waals surface area contributed by atoms with Crippen LogP contribution in [0.4, 0.5) is 5.69 Å². The van der Waals surface area contributed by atoms with Crippen molar-refractivity contribution in [2.24, 2.45) is 0 Å². The van der Waals surface area contributed by atoms with Crippen LogP contribution in [0.1, 0.15) is 20.9 Å². The number of fused-ring (bicyclic) bond motifs is 1. The maximum atomic E-state index is 12.4. The number of thiazole rings is 1. The van der Waals surface area contributed by atoms with Crippen LogP contribution in [-0.2, 0) is 11.2 Å². The first kappa shape index (κ1) is 18.2. The van der Waals surface area contributed by atoms with Gasteiger partial charge in [0.2, 0.25) is 0 Å². The third kappa shape index (κ3) is 4.04. The van der Waals surface area contributed by atoms with Gasteiger partial charge in [-0.05, 0) is 37.1 Å². The minimum absolute atomic E-state index is 0.0332. The first-order valence-corrected chi connectivity index (χ1v) is 9.83. The molecule has 28 heavy (non-hydrogen) atoms. The summed E-state index contributed by atoms with van der Waals surface area (Å²) >= 11 is 1.64. The van der Waals surface area contributed by atoms with Gasteiger partial charge in [-0.1, -0.05) is 24.3 Å². The highest BCUT2D eigenvalue weighted by Crippen LogP contribution is 2.28.